The smallest absolute Gasteiger partial charge is 0.266 e. The molecule has 14 nitrogen and oxygen atoms in total. The van der Waals surface area contributed by atoms with Crippen LogP contribution < -0.4 is 28.7 Å². The van der Waals surface area contributed by atoms with Gasteiger partial charge >= 0.3 is 0 Å². The summed E-state index contributed by atoms with van der Waals surface area (Å²) >= 11 is 0. The molecule has 13 rings (SSSR count). The number of fused-ring (bicyclic) bond motifs is 2. The highest BCUT2D eigenvalue weighted by molar-refractivity contribution is 7.86. The fraction of sp³-hybridized carbons (Fsp3) is 0.286. The third-order valence-electron chi connectivity index (χ3n) is 18.9. The molecule has 11 aromatic rings. The highest BCUT2D eigenvalue weighted by atomic mass is 32.2. The van der Waals surface area contributed by atoms with Crippen LogP contribution in [0, 0.1) is 0 Å². The second-order valence-corrected chi connectivity index (χ2v) is 32.0. The lowest BCUT2D eigenvalue weighted by Crippen LogP contribution is -2.42. The maximum absolute atomic E-state index is 16.6. The van der Waals surface area contributed by atoms with E-state index >= 15 is 36.0 Å². The van der Waals surface area contributed by atoms with Gasteiger partial charge in [0, 0.05) is 66.1 Å². The van der Waals surface area contributed by atoms with Crippen LogP contribution in [0.25, 0.3) is 43.1 Å². The van der Waals surface area contributed by atoms with E-state index < -0.39 is 66.8 Å². The van der Waals surface area contributed by atoms with Crippen molar-refractivity contribution in [1.82, 2.24) is 0 Å². The molecule has 102 heavy (non-hydrogen) atoms. The summed E-state index contributed by atoms with van der Waals surface area (Å²) in [5.41, 5.74) is 0.0439. The van der Waals surface area contributed by atoms with Gasteiger partial charge in [-0.05, 0) is 123 Å². The predicted octanol–water partition coefficient (Wildman–Crippen LogP) is 21.3. The maximum atomic E-state index is 16.6. The molecule has 0 radical (unpaired) electrons. The number of benzene rings is 11. The quantitative estimate of drug-likeness (QED) is 0.0161. The van der Waals surface area contributed by atoms with Crippen molar-refractivity contribution in [2.75, 3.05) is 32.8 Å². The van der Waals surface area contributed by atoms with Gasteiger partial charge in [0.25, 0.3) is 23.6 Å². The average Bonchev–Trinajstić information content (AvgIpc) is 0.671. The second-order valence-electron chi connectivity index (χ2n) is 25.9. The Morgan fingerprint density at radius 2 is 0.490 bits per heavy atom. The number of anilines is 2. The molecule has 4 unspecified atom stereocenters. The van der Waals surface area contributed by atoms with E-state index in [1.165, 1.54) is 0 Å². The van der Waals surface area contributed by atoms with Crippen LogP contribution >= 0.6 is 0 Å². The predicted molar refractivity (Wildman–Crippen MR) is 411 cm³/mol. The van der Waals surface area contributed by atoms with Crippen molar-refractivity contribution in [3.8, 4) is 46.0 Å². The number of carbonyl (C=O) groups is 4. The Labute approximate surface area is 605 Å². The molecule has 0 spiro atoms. The molecule has 524 valence electrons. The van der Waals surface area contributed by atoms with Crippen molar-refractivity contribution < 1.29 is 55.0 Å². The first-order chi connectivity index (χ1) is 49.8. The Hall–Kier alpha value is -9.20. The van der Waals surface area contributed by atoms with Gasteiger partial charge in [-0.3, -0.25) is 36.0 Å². The van der Waals surface area contributed by atoms with E-state index in [-0.39, 0.29) is 110 Å². The minimum atomic E-state index is -1.77. The summed E-state index contributed by atoms with van der Waals surface area (Å²) in [5.74, 6) is -0.459. The van der Waals surface area contributed by atoms with Crippen LogP contribution in [-0.2, 0) is 43.2 Å². The van der Waals surface area contributed by atoms with E-state index in [2.05, 4.69) is 27.7 Å². The zero-order chi connectivity index (χ0) is 71.0. The summed E-state index contributed by atoms with van der Waals surface area (Å²) in [6, 6.07) is 52.4. The molecule has 4 atom stereocenters. The highest BCUT2D eigenvalue weighted by Crippen LogP contribution is 2.59. The Morgan fingerprint density at radius 3 is 0.706 bits per heavy atom. The number of ether oxygens (including phenoxy) is 4. The van der Waals surface area contributed by atoms with Crippen LogP contribution in [0.1, 0.15) is 172 Å². The van der Waals surface area contributed by atoms with E-state index in [1.807, 2.05) is 72.8 Å². The van der Waals surface area contributed by atoms with Crippen LogP contribution in [0.3, 0.4) is 0 Å². The van der Waals surface area contributed by atoms with Crippen molar-refractivity contribution in [3.05, 3.63) is 204 Å². The number of carbonyl (C=O) groups excluding carboxylic acids is 4. The summed E-state index contributed by atoms with van der Waals surface area (Å²) < 4.78 is 88.8. The average molecular weight is 1440 g/mol. The third kappa shape index (κ3) is 14.2. The van der Waals surface area contributed by atoms with Crippen molar-refractivity contribution in [2.45, 2.75) is 150 Å². The van der Waals surface area contributed by atoms with Gasteiger partial charge in [0.15, 0.2) is 0 Å². The molecule has 0 bridgehead atoms. The Balaban J connectivity index is 1.16. The zero-order valence-electron chi connectivity index (χ0n) is 57.9. The number of amides is 4. The van der Waals surface area contributed by atoms with E-state index in [0.717, 1.165) is 86.8 Å². The minimum absolute atomic E-state index is 0.00141. The van der Waals surface area contributed by atoms with Gasteiger partial charge in [-0.2, -0.15) is 0 Å². The van der Waals surface area contributed by atoms with Gasteiger partial charge in [0.05, 0.1) is 96.4 Å². The van der Waals surface area contributed by atoms with Crippen LogP contribution in [0.2, 0.25) is 0 Å². The molecular formula is C84H82N2O12S4. The molecule has 0 fully saturated rings. The number of hydrogen-bond acceptors (Lipinski definition) is 12. The van der Waals surface area contributed by atoms with E-state index in [1.54, 1.807) is 109 Å². The molecule has 11 aromatic carbocycles. The third-order valence-corrected chi connectivity index (χ3v) is 24.8. The standard InChI is InChI=1S/C84H82N2O12S4/c1-5-9-13-29-47-99(91)67-43-33-44-68(100(92)48-30-14-10-6-2)79(67)85-81(87)59-51-63(95-55-35-21-17-22-36-55)73-75-65(97-57-39-25-19-26-40-57)53-61-72-62(84(90)86(83(61)89)80-69(101(93)49-31-15-11-7-3)45-34-46-70(80)102(94)50-32-16-12-8-4)54-66(98-58-41-27-20-28-42-58)76(78(72)75)74-64(96-56-37-23-18-24-38-56)52-60(82(85)88)71(59)77(73)74/h17-28,33-46,51-54H,5-16,29-32,47-50H2,1-4H3. The van der Waals surface area contributed by atoms with Crippen molar-refractivity contribution in [3.63, 3.8) is 0 Å². The summed E-state index contributed by atoms with van der Waals surface area (Å²) in [7, 11) is -7.07. The van der Waals surface area contributed by atoms with Gasteiger partial charge < -0.3 is 18.9 Å². The normalized spacial score (nSPS) is 14.1. The Kier molecular flexibility index (Phi) is 22.6. The fourth-order valence-corrected chi connectivity index (χ4v) is 19.4. The van der Waals surface area contributed by atoms with Gasteiger partial charge in [-0.25, -0.2) is 9.80 Å². The molecule has 0 aromatic heterocycles. The first-order valence-corrected chi connectivity index (χ1v) is 41.0. The second kappa shape index (κ2) is 32.4. The molecule has 0 saturated carbocycles. The van der Waals surface area contributed by atoms with Crippen LogP contribution in [0.4, 0.5) is 11.4 Å². The molecule has 0 aliphatic carbocycles. The van der Waals surface area contributed by atoms with E-state index in [0.29, 0.717) is 81.0 Å². The fourth-order valence-electron chi connectivity index (χ4n) is 14.0. The summed E-state index contributed by atoms with van der Waals surface area (Å²) in [5, 5.41) is 2.14. The molecule has 4 amide bonds. The summed E-state index contributed by atoms with van der Waals surface area (Å²) in [4.78, 5) is 69.4. The number of hydrogen-bond donors (Lipinski definition) is 0. The molecule has 2 heterocycles. The number of unbranched alkanes of at least 4 members (excludes halogenated alkanes) is 12. The van der Waals surface area contributed by atoms with Gasteiger partial charge in [0.1, 0.15) is 46.0 Å². The molecule has 2 aliphatic heterocycles. The molecule has 2 aliphatic rings. The van der Waals surface area contributed by atoms with Crippen LogP contribution in [0.15, 0.2) is 202 Å². The van der Waals surface area contributed by atoms with Crippen LogP contribution in [-0.4, -0.2) is 63.5 Å². The van der Waals surface area contributed by atoms with Crippen molar-refractivity contribution >= 4 is 121 Å². The van der Waals surface area contributed by atoms with Crippen LogP contribution in [0.5, 0.6) is 46.0 Å². The number of para-hydroxylation sites is 6. The first kappa shape index (κ1) is 71.2. The monoisotopic (exact) mass is 1440 g/mol. The number of rotatable bonds is 34. The lowest BCUT2D eigenvalue weighted by molar-refractivity contribution is 0.0876. The topological polar surface area (TPSA) is 180 Å². The molecule has 0 N–H and O–H groups in total. The Bertz CT molecular complexity index is 4460. The largest absolute Gasteiger partial charge is 0.457 e. The molecule has 0 saturated heterocycles. The lowest BCUT2D eigenvalue weighted by Gasteiger charge is -2.34. The first-order valence-electron chi connectivity index (χ1n) is 35.7. The summed E-state index contributed by atoms with van der Waals surface area (Å²) in [6.07, 6.45) is 13.3. The highest BCUT2D eigenvalue weighted by Gasteiger charge is 2.45. The van der Waals surface area contributed by atoms with Crippen molar-refractivity contribution in [2.24, 2.45) is 0 Å². The number of imide groups is 2. The van der Waals surface area contributed by atoms with Crippen molar-refractivity contribution in [1.29, 1.82) is 0 Å². The van der Waals surface area contributed by atoms with Gasteiger partial charge in [-0.1, -0.05) is 190 Å². The minimum Gasteiger partial charge on any atom is -0.457 e. The zero-order valence-corrected chi connectivity index (χ0v) is 61.2. The summed E-state index contributed by atoms with van der Waals surface area (Å²) in [6.45, 7) is 8.39. The maximum Gasteiger partial charge on any atom is 0.266 e. The van der Waals surface area contributed by atoms with E-state index in [9.17, 15) is 0 Å². The van der Waals surface area contributed by atoms with Gasteiger partial charge in [0.2, 0.25) is 0 Å². The number of nitrogens with zero attached hydrogens (tertiary/aromatic N) is 2. The van der Waals surface area contributed by atoms with Gasteiger partial charge in [-0.15, -0.1) is 0 Å². The molecule has 18 heteroatoms. The van der Waals surface area contributed by atoms with E-state index in [4.69, 9.17) is 18.9 Å². The Morgan fingerprint density at radius 1 is 0.265 bits per heavy atom. The SMILES string of the molecule is CCCCCCS(=O)c1cccc(S(=O)CCCCCC)c1N1C(=O)c2cc(Oc3ccccc3)c3c4c(Oc5ccccc5)cc5c6c(cc(Oc7ccccc7)c(c7c(Oc8ccccc8)cc(c2c37)C1=O)c64)C(=O)N(c1c(S(=O)CCCCCC)cccc1S(=O)CCCCCC)C5=O. The molecular weight excluding hydrogens is 1360 g/mol. The lowest BCUT2D eigenvalue weighted by atomic mass is 9.80.